The largest absolute Gasteiger partial charge is 0.457 e. The van der Waals surface area contributed by atoms with Gasteiger partial charge in [-0.15, -0.1) is 0 Å². The second kappa shape index (κ2) is 6.23. The molecule has 19 heavy (non-hydrogen) atoms. The topological polar surface area (TPSA) is 26.3 Å². The van der Waals surface area contributed by atoms with Crippen LogP contribution in [0.5, 0.6) is 0 Å². The molecule has 0 bridgehead atoms. The Kier molecular flexibility index (Phi) is 5.16. The highest BCUT2D eigenvalue weighted by atomic mass is 32.2. The van der Waals surface area contributed by atoms with Crippen LogP contribution in [0.4, 0.5) is 22.0 Å². The third-order valence-corrected chi connectivity index (χ3v) is 2.83. The number of carbonyl (C=O) groups is 1. The van der Waals surface area contributed by atoms with E-state index in [-0.39, 0.29) is 5.75 Å². The maximum Gasteiger partial charge on any atom is 0.303 e. The maximum absolute atomic E-state index is 13.5. The summed E-state index contributed by atoms with van der Waals surface area (Å²) in [5.41, 5.74) is -1.14. The third-order valence-electron chi connectivity index (χ3n) is 2.19. The van der Waals surface area contributed by atoms with Gasteiger partial charge < -0.3 is 4.74 Å². The van der Waals surface area contributed by atoms with Crippen molar-refractivity contribution in [2.75, 3.05) is 12.0 Å². The van der Waals surface area contributed by atoms with Gasteiger partial charge in [0.1, 0.15) is 6.10 Å². The van der Waals surface area contributed by atoms with Crippen molar-refractivity contribution in [1.29, 1.82) is 0 Å². The zero-order chi connectivity index (χ0) is 14.7. The van der Waals surface area contributed by atoms with Crippen LogP contribution in [0.15, 0.2) is 0 Å². The Balaban J connectivity index is 3.41. The van der Waals surface area contributed by atoms with Gasteiger partial charge in [-0.05, 0) is 6.26 Å². The van der Waals surface area contributed by atoms with E-state index in [0.29, 0.717) is 0 Å². The lowest BCUT2D eigenvalue weighted by molar-refractivity contribution is -0.145. The minimum atomic E-state index is -2.25. The summed E-state index contributed by atoms with van der Waals surface area (Å²) in [6, 6.07) is 0. The number of carbonyl (C=O) groups excluding carboxylic acids is 1. The molecule has 2 nitrogen and oxygen atoms in total. The summed E-state index contributed by atoms with van der Waals surface area (Å²) >= 11 is 1.03. The Morgan fingerprint density at radius 2 is 1.47 bits per heavy atom. The molecule has 0 saturated carbocycles. The fraction of sp³-hybridized carbons (Fsp3) is 0.364. The van der Waals surface area contributed by atoms with Gasteiger partial charge in [0.05, 0.1) is 5.56 Å². The Labute approximate surface area is 109 Å². The van der Waals surface area contributed by atoms with Crippen molar-refractivity contribution in [1.82, 2.24) is 0 Å². The number of ether oxygens (including phenoxy) is 1. The molecule has 0 spiro atoms. The van der Waals surface area contributed by atoms with E-state index in [9.17, 15) is 26.7 Å². The summed E-state index contributed by atoms with van der Waals surface area (Å²) in [5, 5.41) is 0. The molecule has 0 N–H and O–H groups in total. The average Bonchev–Trinajstić information content (AvgIpc) is 2.34. The van der Waals surface area contributed by atoms with Gasteiger partial charge in [0.15, 0.2) is 23.3 Å². The molecule has 0 heterocycles. The van der Waals surface area contributed by atoms with Gasteiger partial charge in [0, 0.05) is 12.7 Å². The lowest BCUT2D eigenvalue weighted by Crippen LogP contribution is -2.17. The summed E-state index contributed by atoms with van der Waals surface area (Å²) in [6.07, 6.45) is -0.0141. The van der Waals surface area contributed by atoms with Crippen molar-refractivity contribution in [2.45, 2.75) is 13.0 Å². The summed E-state index contributed by atoms with van der Waals surface area (Å²) in [4.78, 5) is 10.8. The average molecular weight is 300 g/mol. The van der Waals surface area contributed by atoms with E-state index in [1.165, 1.54) is 6.26 Å². The Morgan fingerprint density at radius 1 is 1.05 bits per heavy atom. The number of benzene rings is 1. The number of rotatable bonds is 4. The lowest BCUT2D eigenvalue weighted by atomic mass is 10.1. The zero-order valence-electron chi connectivity index (χ0n) is 9.90. The standard InChI is InChI=1S/C11H9F5O2S/c1-4(17)18-5(3-19-2)6-7(12)9(14)11(16)10(15)8(6)13/h5H,3H2,1-2H3. The number of thioether (sulfide) groups is 1. The summed E-state index contributed by atoms with van der Waals surface area (Å²) in [7, 11) is 0. The molecule has 1 unspecified atom stereocenters. The molecule has 1 aromatic carbocycles. The smallest absolute Gasteiger partial charge is 0.303 e. The van der Waals surface area contributed by atoms with E-state index in [1.807, 2.05) is 0 Å². The van der Waals surface area contributed by atoms with E-state index in [0.717, 1.165) is 18.7 Å². The SMILES string of the molecule is CSCC(OC(C)=O)c1c(F)c(F)c(F)c(F)c1F. The number of hydrogen-bond donors (Lipinski definition) is 0. The molecule has 0 amide bonds. The van der Waals surface area contributed by atoms with Crippen molar-refractivity contribution < 1.29 is 31.5 Å². The van der Waals surface area contributed by atoms with Crippen LogP contribution in [0.1, 0.15) is 18.6 Å². The molecule has 0 radical (unpaired) electrons. The molecule has 1 rings (SSSR count). The maximum atomic E-state index is 13.5. The van der Waals surface area contributed by atoms with Crippen LogP contribution in [-0.2, 0) is 9.53 Å². The molecule has 0 aliphatic heterocycles. The predicted octanol–water partition coefficient (Wildman–Crippen LogP) is 3.35. The highest BCUT2D eigenvalue weighted by Gasteiger charge is 2.31. The molecule has 8 heteroatoms. The minimum Gasteiger partial charge on any atom is -0.457 e. The van der Waals surface area contributed by atoms with Gasteiger partial charge in [0.2, 0.25) is 5.82 Å². The predicted molar refractivity (Wildman–Crippen MR) is 59.1 cm³/mol. The van der Waals surface area contributed by atoms with Gasteiger partial charge >= 0.3 is 5.97 Å². The van der Waals surface area contributed by atoms with Crippen molar-refractivity contribution in [2.24, 2.45) is 0 Å². The first-order valence-corrected chi connectivity index (χ1v) is 6.38. The van der Waals surface area contributed by atoms with Gasteiger partial charge in [-0.2, -0.15) is 11.8 Å². The second-order valence-electron chi connectivity index (χ2n) is 3.54. The fourth-order valence-electron chi connectivity index (χ4n) is 1.43. The van der Waals surface area contributed by atoms with Crippen molar-refractivity contribution >= 4 is 17.7 Å². The monoisotopic (exact) mass is 300 g/mol. The van der Waals surface area contributed by atoms with E-state index in [4.69, 9.17) is 0 Å². The molecule has 1 aromatic rings. The molecule has 0 fully saturated rings. The van der Waals surface area contributed by atoms with E-state index in [2.05, 4.69) is 4.74 Å². The van der Waals surface area contributed by atoms with Crippen LogP contribution in [0, 0.1) is 29.1 Å². The normalized spacial score (nSPS) is 12.4. The highest BCUT2D eigenvalue weighted by molar-refractivity contribution is 7.98. The highest BCUT2D eigenvalue weighted by Crippen LogP contribution is 2.31. The van der Waals surface area contributed by atoms with Crippen molar-refractivity contribution in [3.05, 3.63) is 34.6 Å². The van der Waals surface area contributed by atoms with Gasteiger partial charge in [-0.25, -0.2) is 22.0 Å². The van der Waals surface area contributed by atoms with E-state index >= 15 is 0 Å². The van der Waals surface area contributed by atoms with Crippen LogP contribution in [-0.4, -0.2) is 18.0 Å². The molecule has 106 valence electrons. The molecular formula is C11H9F5O2S. The van der Waals surface area contributed by atoms with E-state index in [1.54, 1.807) is 0 Å². The first-order valence-electron chi connectivity index (χ1n) is 4.98. The minimum absolute atomic E-state index is 0.141. The molecule has 0 saturated heterocycles. The first kappa shape index (κ1) is 15.7. The van der Waals surface area contributed by atoms with Crippen LogP contribution in [0.3, 0.4) is 0 Å². The van der Waals surface area contributed by atoms with Crippen molar-refractivity contribution in [3.8, 4) is 0 Å². The van der Waals surface area contributed by atoms with E-state index < -0.39 is 46.7 Å². The molecule has 1 atom stereocenters. The van der Waals surface area contributed by atoms with Crippen LogP contribution in [0.25, 0.3) is 0 Å². The third kappa shape index (κ3) is 3.17. The molecule has 0 aliphatic rings. The molecule has 0 aromatic heterocycles. The Bertz CT molecular complexity index is 477. The molecular weight excluding hydrogens is 291 g/mol. The molecule has 0 aliphatic carbocycles. The summed E-state index contributed by atoms with van der Waals surface area (Å²) in [6.45, 7) is 0.972. The Morgan fingerprint density at radius 3 is 1.84 bits per heavy atom. The fourth-order valence-corrected chi connectivity index (χ4v) is 1.97. The van der Waals surface area contributed by atoms with Crippen molar-refractivity contribution in [3.63, 3.8) is 0 Å². The summed E-state index contributed by atoms with van der Waals surface area (Å²) < 4.78 is 70.5. The van der Waals surface area contributed by atoms with Crippen LogP contribution >= 0.6 is 11.8 Å². The van der Waals surface area contributed by atoms with Crippen LogP contribution in [0.2, 0.25) is 0 Å². The Hall–Kier alpha value is -1.31. The lowest BCUT2D eigenvalue weighted by Gasteiger charge is -2.18. The van der Waals surface area contributed by atoms with Gasteiger partial charge in [-0.3, -0.25) is 4.79 Å². The number of halogens is 5. The number of hydrogen-bond acceptors (Lipinski definition) is 3. The van der Waals surface area contributed by atoms with Gasteiger partial charge in [0.25, 0.3) is 0 Å². The van der Waals surface area contributed by atoms with Gasteiger partial charge in [-0.1, -0.05) is 0 Å². The quantitative estimate of drug-likeness (QED) is 0.369. The van der Waals surface area contributed by atoms with Crippen LogP contribution < -0.4 is 0 Å². The zero-order valence-corrected chi connectivity index (χ0v) is 10.7. The summed E-state index contributed by atoms with van der Waals surface area (Å²) in [5.74, 6) is -11.4. The first-order chi connectivity index (χ1) is 8.81. The number of esters is 1. The second-order valence-corrected chi connectivity index (χ2v) is 4.45.